The van der Waals surface area contributed by atoms with E-state index in [9.17, 15) is 0 Å². The highest BCUT2D eigenvalue weighted by molar-refractivity contribution is 9.08. The van der Waals surface area contributed by atoms with Crippen molar-refractivity contribution in [3.05, 3.63) is 29.6 Å². The summed E-state index contributed by atoms with van der Waals surface area (Å²) in [5.41, 5.74) is 1.82. The smallest absolute Gasteiger partial charge is 0.0510 e. The molecule has 0 saturated carbocycles. The number of hydrogen-bond donors (Lipinski definition) is 0. The molecule has 0 bridgehead atoms. The molecule has 0 amide bonds. The quantitative estimate of drug-likeness (QED) is 0.494. The predicted molar refractivity (Wildman–Crippen MR) is 44.8 cm³/mol. The van der Waals surface area contributed by atoms with E-state index in [1.54, 1.807) is 6.20 Å². The molecule has 1 aromatic rings. The van der Waals surface area contributed by atoms with Gasteiger partial charge in [-0.05, 0) is 12.1 Å². The highest BCUT2D eigenvalue weighted by atomic mass is 79.9. The number of terminal acetylenes is 1. The second kappa shape index (κ2) is 3.38. The van der Waals surface area contributed by atoms with Gasteiger partial charge >= 0.3 is 0 Å². The van der Waals surface area contributed by atoms with E-state index < -0.39 is 0 Å². The summed E-state index contributed by atoms with van der Waals surface area (Å²) >= 11 is 3.29. The van der Waals surface area contributed by atoms with E-state index in [-0.39, 0.29) is 0 Å². The van der Waals surface area contributed by atoms with E-state index in [1.165, 1.54) is 0 Å². The summed E-state index contributed by atoms with van der Waals surface area (Å²) in [4.78, 5) is 4.08. The fourth-order valence-corrected chi connectivity index (χ4v) is 0.921. The van der Waals surface area contributed by atoms with Crippen LogP contribution in [0.5, 0.6) is 0 Å². The van der Waals surface area contributed by atoms with Crippen LogP contribution in [0.25, 0.3) is 0 Å². The molecule has 2 heteroatoms. The molecule has 50 valence electrons. The van der Waals surface area contributed by atoms with Crippen LogP contribution in [0.3, 0.4) is 0 Å². The van der Waals surface area contributed by atoms with E-state index in [0.29, 0.717) is 0 Å². The number of aromatic nitrogens is 1. The Bertz CT molecular complexity index is 245. The van der Waals surface area contributed by atoms with Gasteiger partial charge in [-0.1, -0.05) is 21.9 Å². The first-order valence-electron chi connectivity index (χ1n) is 2.84. The first-order valence-corrected chi connectivity index (χ1v) is 3.96. The minimum Gasteiger partial charge on any atom is -0.259 e. The Kier molecular flexibility index (Phi) is 2.47. The number of halogens is 1. The average molecular weight is 196 g/mol. The Morgan fingerprint density at radius 3 is 2.80 bits per heavy atom. The van der Waals surface area contributed by atoms with Gasteiger partial charge in [0.25, 0.3) is 0 Å². The van der Waals surface area contributed by atoms with Crippen molar-refractivity contribution in [1.29, 1.82) is 0 Å². The maximum absolute atomic E-state index is 5.14. The summed E-state index contributed by atoms with van der Waals surface area (Å²) in [6.45, 7) is 0. The van der Waals surface area contributed by atoms with Gasteiger partial charge in [-0.15, -0.1) is 6.42 Å². The van der Waals surface area contributed by atoms with Crippen molar-refractivity contribution in [3.8, 4) is 12.3 Å². The van der Waals surface area contributed by atoms with Crippen molar-refractivity contribution in [2.24, 2.45) is 0 Å². The zero-order valence-electron chi connectivity index (χ0n) is 5.34. The predicted octanol–water partition coefficient (Wildman–Crippen LogP) is 1.96. The standard InChI is InChI=1S/C8H6BrN/c1-2-7-3-4-8(5-9)10-6-7/h1,3-4,6H,5H2. The highest BCUT2D eigenvalue weighted by Gasteiger charge is 1.89. The number of pyridine rings is 1. The first kappa shape index (κ1) is 7.30. The fraction of sp³-hybridized carbons (Fsp3) is 0.125. The van der Waals surface area contributed by atoms with Crippen molar-refractivity contribution in [1.82, 2.24) is 4.98 Å². The second-order valence-electron chi connectivity index (χ2n) is 1.82. The van der Waals surface area contributed by atoms with Crippen LogP contribution >= 0.6 is 15.9 Å². The molecule has 0 aliphatic carbocycles. The molecule has 0 fully saturated rings. The van der Waals surface area contributed by atoms with E-state index in [2.05, 4.69) is 26.8 Å². The summed E-state index contributed by atoms with van der Waals surface area (Å²) in [6.07, 6.45) is 6.83. The Labute approximate surface area is 68.6 Å². The average Bonchev–Trinajstić information content (AvgIpc) is 2.05. The Morgan fingerprint density at radius 2 is 2.40 bits per heavy atom. The van der Waals surface area contributed by atoms with Crippen LogP contribution in [0.2, 0.25) is 0 Å². The number of hydrogen-bond acceptors (Lipinski definition) is 1. The van der Waals surface area contributed by atoms with Crippen molar-refractivity contribution in [3.63, 3.8) is 0 Å². The van der Waals surface area contributed by atoms with E-state index >= 15 is 0 Å². The topological polar surface area (TPSA) is 12.9 Å². The molecule has 1 aromatic heterocycles. The molecule has 0 spiro atoms. The Morgan fingerprint density at radius 1 is 1.60 bits per heavy atom. The maximum Gasteiger partial charge on any atom is 0.0510 e. The van der Waals surface area contributed by atoms with Crippen LogP contribution in [0.15, 0.2) is 18.3 Å². The number of rotatable bonds is 1. The van der Waals surface area contributed by atoms with Crippen molar-refractivity contribution >= 4 is 15.9 Å². The van der Waals surface area contributed by atoms with Crippen LogP contribution in [0, 0.1) is 12.3 Å². The number of alkyl halides is 1. The third kappa shape index (κ3) is 1.58. The van der Waals surface area contributed by atoms with Crippen LogP contribution in [0.1, 0.15) is 11.3 Å². The van der Waals surface area contributed by atoms with Crippen molar-refractivity contribution < 1.29 is 0 Å². The van der Waals surface area contributed by atoms with Crippen LogP contribution in [0.4, 0.5) is 0 Å². The molecular formula is C8H6BrN. The largest absolute Gasteiger partial charge is 0.259 e. The molecule has 0 aromatic carbocycles. The zero-order valence-corrected chi connectivity index (χ0v) is 6.93. The monoisotopic (exact) mass is 195 g/mol. The normalized spacial score (nSPS) is 8.80. The lowest BCUT2D eigenvalue weighted by Crippen LogP contribution is -1.83. The van der Waals surface area contributed by atoms with Gasteiger partial charge in [0.05, 0.1) is 5.69 Å². The minimum absolute atomic E-state index is 0.776. The molecule has 0 atom stereocenters. The van der Waals surface area contributed by atoms with Gasteiger partial charge in [0, 0.05) is 17.1 Å². The van der Waals surface area contributed by atoms with Crippen LogP contribution < -0.4 is 0 Å². The summed E-state index contributed by atoms with van der Waals surface area (Å²) in [6, 6.07) is 3.79. The third-order valence-corrected chi connectivity index (χ3v) is 1.70. The van der Waals surface area contributed by atoms with Gasteiger partial charge in [-0.2, -0.15) is 0 Å². The number of nitrogens with zero attached hydrogens (tertiary/aromatic N) is 1. The molecule has 1 nitrogen and oxygen atoms in total. The fourth-order valence-electron chi connectivity index (χ4n) is 0.589. The van der Waals surface area contributed by atoms with Crippen molar-refractivity contribution in [2.45, 2.75) is 5.33 Å². The lowest BCUT2D eigenvalue weighted by Gasteiger charge is -1.92. The molecule has 0 aliphatic rings. The zero-order chi connectivity index (χ0) is 7.40. The molecule has 0 aliphatic heterocycles. The van der Waals surface area contributed by atoms with Gasteiger partial charge < -0.3 is 0 Å². The van der Waals surface area contributed by atoms with Crippen LogP contribution in [-0.4, -0.2) is 4.98 Å². The van der Waals surface area contributed by atoms with E-state index in [4.69, 9.17) is 6.42 Å². The third-order valence-electron chi connectivity index (χ3n) is 1.13. The Hall–Kier alpha value is -0.810. The molecule has 0 radical (unpaired) electrons. The van der Waals surface area contributed by atoms with Gasteiger partial charge in [0.15, 0.2) is 0 Å². The molecule has 1 rings (SSSR count). The molecular weight excluding hydrogens is 190 g/mol. The lowest BCUT2D eigenvalue weighted by atomic mass is 10.3. The lowest BCUT2D eigenvalue weighted by molar-refractivity contribution is 1.18. The Balaban J connectivity index is 2.93. The van der Waals surface area contributed by atoms with E-state index in [1.807, 2.05) is 12.1 Å². The minimum atomic E-state index is 0.776. The van der Waals surface area contributed by atoms with Crippen LogP contribution in [-0.2, 0) is 5.33 Å². The van der Waals surface area contributed by atoms with Gasteiger partial charge in [0.1, 0.15) is 0 Å². The molecule has 0 saturated heterocycles. The first-order chi connectivity index (χ1) is 4.86. The molecule has 0 N–H and O–H groups in total. The van der Waals surface area contributed by atoms with Gasteiger partial charge in [-0.25, -0.2) is 0 Å². The summed E-state index contributed by atoms with van der Waals surface area (Å²) in [5.74, 6) is 2.50. The maximum atomic E-state index is 5.14. The molecule has 0 unspecified atom stereocenters. The van der Waals surface area contributed by atoms with E-state index in [0.717, 1.165) is 16.6 Å². The van der Waals surface area contributed by atoms with Gasteiger partial charge in [-0.3, -0.25) is 4.98 Å². The summed E-state index contributed by atoms with van der Waals surface area (Å²) < 4.78 is 0. The SMILES string of the molecule is C#Cc1ccc(CBr)nc1. The molecule has 1 heterocycles. The van der Waals surface area contributed by atoms with Crippen molar-refractivity contribution in [2.75, 3.05) is 0 Å². The van der Waals surface area contributed by atoms with Gasteiger partial charge in [0.2, 0.25) is 0 Å². The molecule has 10 heavy (non-hydrogen) atoms. The summed E-state index contributed by atoms with van der Waals surface area (Å²) in [5, 5.41) is 0.776. The second-order valence-corrected chi connectivity index (χ2v) is 2.38. The summed E-state index contributed by atoms with van der Waals surface area (Å²) in [7, 11) is 0. The highest BCUT2D eigenvalue weighted by Crippen LogP contribution is 2.02.